The zero-order valence-corrected chi connectivity index (χ0v) is 11.8. The topological polar surface area (TPSA) is 24.9 Å². The Hall–Kier alpha value is -1.41. The first-order chi connectivity index (χ1) is 9.23. The van der Waals surface area contributed by atoms with Gasteiger partial charge in [-0.2, -0.15) is 0 Å². The number of rotatable bonds is 3. The summed E-state index contributed by atoms with van der Waals surface area (Å²) in [4.78, 5) is 4.40. The van der Waals surface area contributed by atoms with E-state index in [4.69, 9.17) is 0 Å². The molecule has 1 N–H and O–H groups in total. The highest BCUT2D eigenvalue weighted by Gasteiger charge is 2.36. The molecule has 2 aromatic rings. The number of aromatic nitrogens is 1. The molecule has 0 radical (unpaired) electrons. The lowest BCUT2D eigenvalue weighted by Gasteiger charge is -2.34. The summed E-state index contributed by atoms with van der Waals surface area (Å²) in [6.45, 7) is 2.43. The molecule has 100 valence electrons. The van der Waals surface area contributed by atoms with E-state index >= 15 is 0 Å². The van der Waals surface area contributed by atoms with Crippen LogP contribution in [0.4, 0.5) is 0 Å². The zero-order chi connectivity index (χ0) is 13.3. The number of hydrogen-bond acceptors (Lipinski definition) is 2. The van der Waals surface area contributed by atoms with E-state index in [1.54, 1.807) is 0 Å². The summed E-state index contributed by atoms with van der Waals surface area (Å²) in [5.74, 6) is 0. The lowest BCUT2D eigenvalue weighted by molar-refractivity contribution is 0.234. The minimum atomic E-state index is 0.393. The number of benzene rings is 1. The third-order valence-corrected chi connectivity index (χ3v) is 4.69. The molecule has 1 atom stereocenters. The van der Waals surface area contributed by atoms with Crippen LogP contribution in [0.25, 0.3) is 10.9 Å². The summed E-state index contributed by atoms with van der Waals surface area (Å²) in [5.41, 5.74) is 2.87. The first-order valence-corrected chi connectivity index (χ1v) is 7.25. The van der Waals surface area contributed by atoms with Gasteiger partial charge in [-0.1, -0.05) is 31.9 Å². The molecule has 1 aromatic carbocycles. The van der Waals surface area contributed by atoms with E-state index < -0.39 is 0 Å². The first-order valence-electron chi connectivity index (χ1n) is 7.25. The highest BCUT2D eigenvalue weighted by atomic mass is 14.9. The summed E-state index contributed by atoms with van der Waals surface area (Å²) in [7, 11) is 2.08. The van der Waals surface area contributed by atoms with Crippen LogP contribution in [-0.4, -0.2) is 12.0 Å². The Morgan fingerprint density at radius 3 is 2.74 bits per heavy atom. The summed E-state index contributed by atoms with van der Waals surface area (Å²) in [6, 6.07) is 11.3. The Morgan fingerprint density at radius 1 is 1.21 bits per heavy atom. The summed E-state index contributed by atoms with van der Waals surface area (Å²) in [5, 5.41) is 4.78. The van der Waals surface area contributed by atoms with Crippen molar-refractivity contribution < 1.29 is 0 Å². The lowest BCUT2D eigenvalue weighted by Crippen LogP contribution is -2.32. The van der Waals surface area contributed by atoms with Crippen LogP contribution >= 0.6 is 0 Å². The van der Waals surface area contributed by atoms with Gasteiger partial charge in [0.05, 0.1) is 5.52 Å². The van der Waals surface area contributed by atoms with Gasteiger partial charge in [0.25, 0.3) is 0 Å². The highest BCUT2D eigenvalue weighted by molar-refractivity contribution is 5.79. The molecule has 1 saturated carbocycles. The smallest absolute Gasteiger partial charge is 0.0702 e. The van der Waals surface area contributed by atoms with Crippen LogP contribution in [0.3, 0.4) is 0 Å². The van der Waals surface area contributed by atoms with Gasteiger partial charge in [-0.05, 0) is 49.1 Å². The quantitative estimate of drug-likeness (QED) is 0.893. The molecule has 0 bridgehead atoms. The molecule has 0 saturated heterocycles. The van der Waals surface area contributed by atoms with Gasteiger partial charge in [-0.25, -0.2) is 0 Å². The van der Waals surface area contributed by atoms with Gasteiger partial charge in [0.1, 0.15) is 0 Å². The SMILES string of the molecule is CNC(c1ccc2ncccc2c1)C1(C)CCCC1. The maximum absolute atomic E-state index is 4.40. The van der Waals surface area contributed by atoms with Gasteiger partial charge in [0.2, 0.25) is 0 Å². The van der Waals surface area contributed by atoms with Crippen LogP contribution in [0.15, 0.2) is 36.5 Å². The zero-order valence-electron chi connectivity index (χ0n) is 11.8. The Morgan fingerprint density at radius 2 is 2.00 bits per heavy atom. The van der Waals surface area contributed by atoms with Crippen LogP contribution in [0.2, 0.25) is 0 Å². The number of pyridine rings is 1. The van der Waals surface area contributed by atoms with Crippen LogP contribution in [0, 0.1) is 5.41 Å². The highest BCUT2D eigenvalue weighted by Crippen LogP contribution is 2.47. The monoisotopic (exact) mass is 254 g/mol. The third-order valence-electron chi connectivity index (χ3n) is 4.69. The molecule has 1 aromatic heterocycles. The second-order valence-corrected chi connectivity index (χ2v) is 6.04. The maximum atomic E-state index is 4.40. The predicted molar refractivity (Wildman–Crippen MR) is 80.1 cm³/mol. The summed E-state index contributed by atoms with van der Waals surface area (Å²) >= 11 is 0. The maximum Gasteiger partial charge on any atom is 0.0702 e. The van der Waals surface area contributed by atoms with Crippen molar-refractivity contribution in [3.05, 3.63) is 42.1 Å². The molecule has 2 heteroatoms. The van der Waals surface area contributed by atoms with Gasteiger partial charge >= 0.3 is 0 Å². The van der Waals surface area contributed by atoms with Crippen molar-refractivity contribution in [2.24, 2.45) is 5.41 Å². The number of nitrogens with zero attached hydrogens (tertiary/aromatic N) is 1. The van der Waals surface area contributed by atoms with Crippen molar-refractivity contribution in [2.75, 3.05) is 7.05 Å². The number of hydrogen-bond donors (Lipinski definition) is 1. The van der Waals surface area contributed by atoms with E-state index in [0.717, 1.165) is 5.52 Å². The van der Waals surface area contributed by atoms with Gasteiger partial charge in [-0.15, -0.1) is 0 Å². The molecule has 1 heterocycles. The van der Waals surface area contributed by atoms with Crippen molar-refractivity contribution in [2.45, 2.75) is 38.6 Å². The third kappa shape index (κ3) is 2.25. The van der Waals surface area contributed by atoms with E-state index in [1.807, 2.05) is 12.3 Å². The summed E-state index contributed by atoms with van der Waals surface area (Å²) in [6.07, 6.45) is 7.23. The molecule has 3 rings (SSSR count). The first kappa shape index (κ1) is 12.6. The minimum absolute atomic E-state index is 0.393. The van der Waals surface area contributed by atoms with Crippen LogP contribution in [0.1, 0.15) is 44.2 Å². The lowest BCUT2D eigenvalue weighted by atomic mass is 9.77. The Bertz CT molecular complexity index is 570. The predicted octanol–water partition coefficient (Wildman–Crippen LogP) is 4.08. The van der Waals surface area contributed by atoms with Gasteiger partial charge in [-0.3, -0.25) is 4.98 Å². The molecule has 19 heavy (non-hydrogen) atoms. The van der Waals surface area contributed by atoms with Gasteiger partial charge in [0.15, 0.2) is 0 Å². The molecule has 0 aliphatic heterocycles. The summed E-state index contributed by atoms with van der Waals surface area (Å²) < 4.78 is 0. The van der Waals surface area contributed by atoms with Crippen molar-refractivity contribution >= 4 is 10.9 Å². The van der Waals surface area contributed by atoms with Crippen LogP contribution < -0.4 is 5.32 Å². The van der Waals surface area contributed by atoms with E-state index in [1.165, 1.54) is 36.6 Å². The second kappa shape index (κ2) is 4.93. The standard InChI is InChI=1S/C17H22N2/c1-17(9-3-4-10-17)16(18-2)14-7-8-15-13(12-14)6-5-11-19-15/h5-8,11-12,16,18H,3-4,9-10H2,1-2H3. The molecular weight excluding hydrogens is 232 g/mol. The Kier molecular flexibility index (Phi) is 3.28. The van der Waals surface area contributed by atoms with Gasteiger partial charge in [0, 0.05) is 17.6 Å². The molecule has 1 aliphatic rings. The largest absolute Gasteiger partial charge is 0.313 e. The fourth-order valence-electron chi connectivity index (χ4n) is 3.66. The van der Waals surface area contributed by atoms with E-state index in [0.29, 0.717) is 11.5 Å². The van der Waals surface area contributed by atoms with E-state index in [9.17, 15) is 0 Å². The van der Waals surface area contributed by atoms with Crippen LogP contribution in [0.5, 0.6) is 0 Å². The molecule has 1 unspecified atom stereocenters. The number of fused-ring (bicyclic) bond motifs is 1. The van der Waals surface area contributed by atoms with Crippen molar-refractivity contribution in [1.82, 2.24) is 10.3 Å². The fraction of sp³-hybridized carbons (Fsp3) is 0.471. The molecule has 0 amide bonds. The molecule has 2 nitrogen and oxygen atoms in total. The number of nitrogens with one attached hydrogen (secondary N) is 1. The molecule has 1 fully saturated rings. The second-order valence-electron chi connectivity index (χ2n) is 6.04. The van der Waals surface area contributed by atoms with E-state index in [-0.39, 0.29) is 0 Å². The molecular formula is C17H22N2. The molecule has 1 aliphatic carbocycles. The van der Waals surface area contributed by atoms with Crippen molar-refractivity contribution in [1.29, 1.82) is 0 Å². The minimum Gasteiger partial charge on any atom is -0.313 e. The normalized spacial score (nSPS) is 19.7. The fourth-order valence-corrected chi connectivity index (χ4v) is 3.66. The van der Waals surface area contributed by atoms with Crippen molar-refractivity contribution in [3.8, 4) is 0 Å². The average molecular weight is 254 g/mol. The Labute approximate surface area is 115 Å². The average Bonchev–Trinajstić information content (AvgIpc) is 2.87. The van der Waals surface area contributed by atoms with Gasteiger partial charge < -0.3 is 5.32 Å². The Balaban J connectivity index is 2.01. The van der Waals surface area contributed by atoms with Crippen LogP contribution in [-0.2, 0) is 0 Å². The van der Waals surface area contributed by atoms with E-state index in [2.05, 4.69) is 48.5 Å². The van der Waals surface area contributed by atoms with Crippen molar-refractivity contribution in [3.63, 3.8) is 0 Å². The molecule has 0 spiro atoms.